The molecule has 0 aliphatic heterocycles. The summed E-state index contributed by atoms with van der Waals surface area (Å²) in [5.74, 6) is -0.267. The van der Waals surface area contributed by atoms with Crippen LogP contribution in [0.3, 0.4) is 0 Å². The fourth-order valence-electron chi connectivity index (χ4n) is 2.67. The van der Waals surface area contributed by atoms with Gasteiger partial charge in [-0.3, -0.25) is 4.99 Å². The van der Waals surface area contributed by atoms with E-state index >= 15 is 0 Å². The van der Waals surface area contributed by atoms with Gasteiger partial charge in [-0.1, -0.05) is 18.2 Å². The first-order valence-electron chi connectivity index (χ1n) is 9.45. The second-order valence-corrected chi connectivity index (χ2v) is 8.93. The van der Waals surface area contributed by atoms with Crippen molar-refractivity contribution in [3.8, 4) is 0 Å². The van der Waals surface area contributed by atoms with Gasteiger partial charge < -0.3 is 10.1 Å². The number of halogens is 1. The SMILES string of the molecule is CC(C)(C)NC1C=CC(=NCc2ccc(F)cc2)CC1=NC(=O)OC(C)(C)C. The fraction of sp³-hybridized carbons (Fsp3) is 0.500. The number of carbonyl (C=O) groups is 1. The van der Waals surface area contributed by atoms with Crippen LogP contribution >= 0.6 is 0 Å². The Labute approximate surface area is 166 Å². The van der Waals surface area contributed by atoms with Crippen LogP contribution in [0.15, 0.2) is 46.4 Å². The number of ether oxygens (including phenoxy) is 1. The van der Waals surface area contributed by atoms with Crippen molar-refractivity contribution in [1.29, 1.82) is 0 Å². The van der Waals surface area contributed by atoms with Crippen molar-refractivity contribution >= 4 is 17.5 Å². The molecule has 1 aromatic carbocycles. The van der Waals surface area contributed by atoms with Crippen molar-refractivity contribution < 1.29 is 13.9 Å². The number of amides is 1. The Balaban J connectivity index is 2.20. The maximum atomic E-state index is 13.0. The minimum absolute atomic E-state index is 0.146. The molecule has 1 aromatic rings. The zero-order valence-corrected chi connectivity index (χ0v) is 17.5. The number of hydrogen-bond acceptors (Lipinski definition) is 4. The van der Waals surface area contributed by atoms with Crippen molar-refractivity contribution in [2.75, 3.05) is 0 Å². The van der Waals surface area contributed by atoms with Gasteiger partial charge in [0.25, 0.3) is 0 Å². The van der Waals surface area contributed by atoms with E-state index in [1.807, 2.05) is 32.9 Å². The fourth-order valence-corrected chi connectivity index (χ4v) is 2.67. The summed E-state index contributed by atoms with van der Waals surface area (Å²) in [6.45, 7) is 12.1. The second kappa shape index (κ2) is 8.78. The summed E-state index contributed by atoms with van der Waals surface area (Å²) in [6.07, 6.45) is 3.75. The van der Waals surface area contributed by atoms with E-state index < -0.39 is 11.7 Å². The molecule has 0 radical (unpaired) electrons. The van der Waals surface area contributed by atoms with E-state index in [0.29, 0.717) is 18.7 Å². The van der Waals surface area contributed by atoms with E-state index in [0.717, 1.165) is 11.3 Å². The van der Waals surface area contributed by atoms with Crippen LogP contribution in [0.25, 0.3) is 0 Å². The zero-order valence-electron chi connectivity index (χ0n) is 17.5. The van der Waals surface area contributed by atoms with Gasteiger partial charge in [0.05, 0.1) is 18.3 Å². The lowest BCUT2D eigenvalue weighted by atomic mass is 9.95. The van der Waals surface area contributed by atoms with Crippen LogP contribution in [0, 0.1) is 5.82 Å². The summed E-state index contributed by atoms with van der Waals surface area (Å²) in [5, 5.41) is 3.45. The standard InChI is InChI=1S/C22H30FN3O2/c1-21(2,3)26-18-12-11-17(24-14-15-7-9-16(23)10-8-15)13-19(18)25-20(27)28-22(4,5)6/h7-12,18,26H,13-14H2,1-6H3. The number of benzene rings is 1. The molecule has 5 nitrogen and oxygen atoms in total. The molecule has 1 aliphatic rings. The molecule has 0 spiro atoms. The van der Waals surface area contributed by atoms with Gasteiger partial charge >= 0.3 is 6.09 Å². The summed E-state index contributed by atoms with van der Waals surface area (Å²) in [4.78, 5) is 21.0. The maximum absolute atomic E-state index is 13.0. The number of nitrogens with zero attached hydrogens (tertiary/aromatic N) is 2. The highest BCUT2D eigenvalue weighted by Gasteiger charge is 2.26. The first-order chi connectivity index (χ1) is 12.9. The summed E-state index contributed by atoms with van der Waals surface area (Å²) in [7, 11) is 0. The van der Waals surface area contributed by atoms with Crippen LogP contribution < -0.4 is 5.32 Å². The number of hydrogen-bond donors (Lipinski definition) is 1. The molecule has 6 heteroatoms. The van der Waals surface area contributed by atoms with Gasteiger partial charge in [0.15, 0.2) is 0 Å². The Bertz CT molecular complexity index is 781. The minimum atomic E-state index is -0.601. The van der Waals surface area contributed by atoms with E-state index in [1.165, 1.54) is 12.1 Å². The minimum Gasteiger partial charge on any atom is -0.442 e. The maximum Gasteiger partial charge on any atom is 0.434 e. The molecule has 1 aliphatic carbocycles. The van der Waals surface area contributed by atoms with Gasteiger partial charge in [0, 0.05) is 17.7 Å². The Morgan fingerprint density at radius 3 is 2.39 bits per heavy atom. The van der Waals surface area contributed by atoms with Crippen LogP contribution in [-0.2, 0) is 11.3 Å². The lowest BCUT2D eigenvalue weighted by Gasteiger charge is -2.30. The molecule has 0 fully saturated rings. The van der Waals surface area contributed by atoms with Crippen molar-refractivity contribution in [2.45, 2.75) is 71.7 Å². The largest absolute Gasteiger partial charge is 0.442 e. The van der Waals surface area contributed by atoms with Crippen molar-refractivity contribution in [2.24, 2.45) is 9.98 Å². The molecule has 2 rings (SSSR count). The first-order valence-corrected chi connectivity index (χ1v) is 9.45. The molecule has 1 amide bonds. The lowest BCUT2D eigenvalue weighted by Crippen LogP contribution is -2.48. The van der Waals surface area contributed by atoms with Crippen LogP contribution in [0.5, 0.6) is 0 Å². The molecule has 0 saturated heterocycles. The smallest absolute Gasteiger partial charge is 0.434 e. The highest BCUT2D eigenvalue weighted by molar-refractivity contribution is 6.16. The third kappa shape index (κ3) is 7.72. The summed E-state index contributed by atoms with van der Waals surface area (Å²) in [6, 6.07) is 6.10. The van der Waals surface area contributed by atoms with Gasteiger partial charge in [-0.05, 0) is 65.3 Å². The summed E-state index contributed by atoms with van der Waals surface area (Å²) in [5.41, 5.74) is 1.66. The van der Waals surface area contributed by atoms with Gasteiger partial charge in [-0.25, -0.2) is 9.18 Å². The first kappa shape index (κ1) is 22.0. The molecular weight excluding hydrogens is 357 g/mol. The predicted molar refractivity (Wildman–Crippen MR) is 112 cm³/mol. The molecule has 1 atom stereocenters. The average Bonchev–Trinajstić information content (AvgIpc) is 2.53. The molecule has 1 N–H and O–H groups in total. The number of rotatable bonds is 3. The van der Waals surface area contributed by atoms with E-state index in [4.69, 9.17) is 4.74 Å². The highest BCUT2D eigenvalue weighted by atomic mass is 19.1. The van der Waals surface area contributed by atoms with Gasteiger partial charge in [0.1, 0.15) is 11.4 Å². The Kier molecular flexibility index (Phi) is 6.88. The van der Waals surface area contributed by atoms with Crippen LogP contribution in [0.2, 0.25) is 0 Å². The van der Waals surface area contributed by atoms with Crippen molar-refractivity contribution in [1.82, 2.24) is 5.32 Å². The van der Waals surface area contributed by atoms with Gasteiger partial charge in [-0.15, -0.1) is 0 Å². The number of aliphatic imine (C=N–C) groups is 2. The molecule has 152 valence electrons. The van der Waals surface area contributed by atoms with E-state index in [2.05, 4.69) is 36.1 Å². The molecule has 28 heavy (non-hydrogen) atoms. The van der Waals surface area contributed by atoms with Crippen LogP contribution in [-0.4, -0.2) is 34.7 Å². The van der Waals surface area contributed by atoms with E-state index in [1.54, 1.807) is 12.1 Å². The quantitative estimate of drug-likeness (QED) is 0.806. The molecule has 0 bridgehead atoms. The topological polar surface area (TPSA) is 63.0 Å². The zero-order chi connectivity index (χ0) is 20.9. The van der Waals surface area contributed by atoms with Crippen LogP contribution in [0.4, 0.5) is 9.18 Å². The monoisotopic (exact) mass is 387 g/mol. The summed E-state index contributed by atoms with van der Waals surface area (Å²) >= 11 is 0. The number of allylic oxidation sites excluding steroid dienone is 1. The van der Waals surface area contributed by atoms with E-state index in [-0.39, 0.29) is 17.4 Å². The van der Waals surface area contributed by atoms with Gasteiger partial charge in [0.2, 0.25) is 0 Å². The van der Waals surface area contributed by atoms with Crippen molar-refractivity contribution in [3.05, 3.63) is 47.8 Å². The third-order valence-corrected chi connectivity index (χ3v) is 3.80. The van der Waals surface area contributed by atoms with E-state index in [9.17, 15) is 9.18 Å². The Morgan fingerprint density at radius 2 is 1.82 bits per heavy atom. The Morgan fingerprint density at radius 1 is 1.18 bits per heavy atom. The van der Waals surface area contributed by atoms with Crippen molar-refractivity contribution in [3.63, 3.8) is 0 Å². The number of carbonyl (C=O) groups excluding carboxylic acids is 1. The van der Waals surface area contributed by atoms with Crippen LogP contribution in [0.1, 0.15) is 53.5 Å². The second-order valence-electron chi connectivity index (χ2n) is 8.93. The Hall–Kier alpha value is -2.34. The summed E-state index contributed by atoms with van der Waals surface area (Å²) < 4.78 is 18.4. The predicted octanol–water partition coefficient (Wildman–Crippen LogP) is 4.86. The molecule has 0 heterocycles. The third-order valence-electron chi connectivity index (χ3n) is 3.80. The average molecular weight is 387 g/mol. The molecule has 0 aromatic heterocycles. The lowest BCUT2D eigenvalue weighted by molar-refractivity contribution is 0.0603. The number of nitrogens with one attached hydrogen (secondary N) is 1. The van der Waals surface area contributed by atoms with Gasteiger partial charge in [-0.2, -0.15) is 4.99 Å². The molecule has 1 unspecified atom stereocenters. The molecular formula is C22H30FN3O2. The normalized spacial score (nSPS) is 20.6. The highest BCUT2D eigenvalue weighted by Crippen LogP contribution is 2.15. The molecule has 0 saturated carbocycles.